The molecular weight excluding hydrogens is 322 g/mol. The molecule has 0 aromatic heterocycles. The third kappa shape index (κ3) is 4.06. The summed E-state index contributed by atoms with van der Waals surface area (Å²) in [4.78, 5) is 23.9. The van der Waals surface area contributed by atoms with E-state index in [1.165, 1.54) is 0 Å². The highest BCUT2D eigenvalue weighted by atomic mass is 16.7. The lowest BCUT2D eigenvalue weighted by molar-refractivity contribution is -0.126. The number of benzene rings is 2. The summed E-state index contributed by atoms with van der Waals surface area (Å²) in [5.74, 6) is 0.415. The number of carbonyl (C=O) groups is 2. The Kier molecular flexibility index (Phi) is 4.81. The van der Waals surface area contributed by atoms with Gasteiger partial charge in [-0.1, -0.05) is 18.2 Å². The second-order valence-electron chi connectivity index (χ2n) is 5.35. The Labute approximate surface area is 144 Å². The second kappa shape index (κ2) is 7.36. The van der Waals surface area contributed by atoms with Crippen molar-refractivity contribution in [1.82, 2.24) is 5.32 Å². The van der Waals surface area contributed by atoms with Gasteiger partial charge in [-0.2, -0.15) is 5.26 Å². The second-order valence-corrected chi connectivity index (χ2v) is 5.35. The Balaban J connectivity index is 1.50. The van der Waals surface area contributed by atoms with Crippen LogP contribution in [0.25, 0.3) is 0 Å². The summed E-state index contributed by atoms with van der Waals surface area (Å²) in [5.41, 5.74) is 1.57. The Hall–Kier alpha value is -3.53. The molecule has 0 fully saturated rings. The molecule has 1 heterocycles. The first kappa shape index (κ1) is 16.3. The summed E-state index contributed by atoms with van der Waals surface area (Å²) in [6, 6.07) is 14.0. The van der Waals surface area contributed by atoms with E-state index in [2.05, 4.69) is 10.6 Å². The minimum atomic E-state index is -0.481. The third-order valence-electron chi connectivity index (χ3n) is 3.57. The molecule has 0 spiro atoms. The van der Waals surface area contributed by atoms with Crippen LogP contribution >= 0.6 is 0 Å². The zero-order valence-electron chi connectivity index (χ0n) is 13.2. The number of hydrogen-bond donors (Lipinski definition) is 2. The number of hydrogen-bond acceptors (Lipinski definition) is 5. The van der Waals surface area contributed by atoms with Gasteiger partial charge in [-0.05, 0) is 29.8 Å². The number of rotatable bonds is 5. The van der Waals surface area contributed by atoms with Crippen molar-refractivity contribution in [3.63, 3.8) is 0 Å². The van der Waals surface area contributed by atoms with E-state index in [0.717, 1.165) is 5.56 Å². The van der Waals surface area contributed by atoms with Crippen LogP contribution in [-0.4, -0.2) is 18.6 Å². The number of ether oxygens (including phenoxy) is 2. The van der Waals surface area contributed by atoms with Gasteiger partial charge in [0.1, 0.15) is 12.5 Å². The van der Waals surface area contributed by atoms with Crippen LogP contribution in [0.5, 0.6) is 11.5 Å². The van der Waals surface area contributed by atoms with Crippen LogP contribution in [0.4, 0.5) is 5.69 Å². The minimum Gasteiger partial charge on any atom is -0.454 e. The van der Waals surface area contributed by atoms with Crippen LogP contribution in [0.3, 0.4) is 0 Å². The number of para-hydroxylation sites is 1. The zero-order valence-corrected chi connectivity index (χ0v) is 13.2. The van der Waals surface area contributed by atoms with E-state index < -0.39 is 11.8 Å². The van der Waals surface area contributed by atoms with Gasteiger partial charge in [0.05, 0.1) is 11.3 Å². The SMILES string of the molecule is N#Cc1ccccc1NC(=O)CC(=O)NCc1ccc2c(c1)OCO2. The van der Waals surface area contributed by atoms with Crippen LogP contribution in [0.1, 0.15) is 17.5 Å². The van der Waals surface area contributed by atoms with Gasteiger partial charge in [-0.15, -0.1) is 0 Å². The maximum atomic E-state index is 11.9. The molecule has 2 N–H and O–H groups in total. The molecule has 7 nitrogen and oxygen atoms in total. The number of amides is 2. The fraction of sp³-hybridized carbons (Fsp3) is 0.167. The lowest BCUT2D eigenvalue weighted by atomic mass is 10.2. The first-order chi connectivity index (χ1) is 12.2. The minimum absolute atomic E-state index is 0.190. The van der Waals surface area contributed by atoms with E-state index >= 15 is 0 Å². The lowest BCUT2D eigenvalue weighted by Crippen LogP contribution is -2.27. The monoisotopic (exact) mass is 337 g/mol. The largest absolute Gasteiger partial charge is 0.454 e. The van der Waals surface area contributed by atoms with Crippen molar-refractivity contribution in [2.75, 3.05) is 12.1 Å². The number of nitrogens with zero attached hydrogens (tertiary/aromatic N) is 1. The molecule has 0 unspecified atom stereocenters. The van der Waals surface area contributed by atoms with Crippen LogP contribution in [0, 0.1) is 11.3 Å². The molecule has 1 aliphatic rings. The highest BCUT2D eigenvalue weighted by Gasteiger charge is 2.14. The third-order valence-corrected chi connectivity index (χ3v) is 3.57. The van der Waals surface area contributed by atoms with E-state index in [1.807, 2.05) is 12.1 Å². The van der Waals surface area contributed by atoms with E-state index in [9.17, 15) is 9.59 Å². The van der Waals surface area contributed by atoms with Crippen LogP contribution in [0.15, 0.2) is 42.5 Å². The number of fused-ring (bicyclic) bond motifs is 1. The van der Waals surface area contributed by atoms with Gasteiger partial charge in [0.15, 0.2) is 11.5 Å². The molecule has 0 radical (unpaired) electrons. The molecule has 7 heteroatoms. The maximum absolute atomic E-state index is 11.9. The molecule has 0 aliphatic carbocycles. The number of nitriles is 1. The van der Waals surface area contributed by atoms with E-state index in [-0.39, 0.29) is 19.8 Å². The number of carbonyl (C=O) groups excluding carboxylic acids is 2. The number of nitrogens with one attached hydrogen (secondary N) is 2. The molecule has 0 saturated carbocycles. The van der Waals surface area contributed by atoms with Crippen molar-refractivity contribution in [3.05, 3.63) is 53.6 Å². The Bertz CT molecular complexity index is 858. The quantitative estimate of drug-likeness (QED) is 0.812. The average Bonchev–Trinajstić information content (AvgIpc) is 3.08. The lowest BCUT2D eigenvalue weighted by Gasteiger charge is -2.08. The van der Waals surface area contributed by atoms with E-state index in [0.29, 0.717) is 22.7 Å². The normalized spacial score (nSPS) is 11.5. The van der Waals surface area contributed by atoms with Crippen LogP contribution < -0.4 is 20.1 Å². The fourth-order valence-electron chi connectivity index (χ4n) is 2.34. The molecule has 2 amide bonds. The topological polar surface area (TPSA) is 100 Å². The van der Waals surface area contributed by atoms with Gasteiger partial charge in [-0.25, -0.2) is 0 Å². The highest BCUT2D eigenvalue weighted by Crippen LogP contribution is 2.32. The van der Waals surface area contributed by atoms with Gasteiger partial charge in [-0.3, -0.25) is 9.59 Å². The first-order valence-electron chi connectivity index (χ1n) is 7.60. The van der Waals surface area contributed by atoms with E-state index in [4.69, 9.17) is 14.7 Å². The van der Waals surface area contributed by atoms with Crippen molar-refractivity contribution in [2.45, 2.75) is 13.0 Å². The van der Waals surface area contributed by atoms with Crippen molar-refractivity contribution >= 4 is 17.5 Å². The summed E-state index contributed by atoms with van der Waals surface area (Å²) in [6.07, 6.45) is -0.329. The Morgan fingerprint density at radius 1 is 1.08 bits per heavy atom. The van der Waals surface area contributed by atoms with Crippen molar-refractivity contribution < 1.29 is 19.1 Å². The summed E-state index contributed by atoms with van der Waals surface area (Å²) < 4.78 is 10.5. The van der Waals surface area contributed by atoms with Gasteiger partial charge >= 0.3 is 0 Å². The van der Waals surface area contributed by atoms with Crippen molar-refractivity contribution in [3.8, 4) is 17.6 Å². The molecule has 2 aromatic rings. The molecule has 1 aliphatic heterocycles. The molecule has 25 heavy (non-hydrogen) atoms. The summed E-state index contributed by atoms with van der Waals surface area (Å²) in [6.45, 7) is 0.465. The molecule has 0 atom stereocenters. The predicted molar refractivity (Wildman–Crippen MR) is 88.8 cm³/mol. The van der Waals surface area contributed by atoms with Gasteiger partial charge < -0.3 is 20.1 Å². The molecule has 0 bridgehead atoms. The van der Waals surface area contributed by atoms with Gasteiger partial charge in [0, 0.05) is 6.54 Å². The van der Waals surface area contributed by atoms with Crippen molar-refractivity contribution in [2.24, 2.45) is 0 Å². The molecular formula is C18H15N3O4. The summed E-state index contributed by atoms with van der Waals surface area (Å²) in [7, 11) is 0. The maximum Gasteiger partial charge on any atom is 0.233 e. The first-order valence-corrected chi connectivity index (χ1v) is 7.60. The van der Waals surface area contributed by atoms with Crippen molar-refractivity contribution in [1.29, 1.82) is 5.26 Å². The molecule has 2 aromatic carbocycles. The number of anilines is 1. The van der Waals surface area contributed by atoms with Gasteiger partial charge in [0.25, 0.3) is 0 Å². The highest BCUT2D eigenvalue weighted by molar-refractivity contribution is 6.04. The predicted octanol–water partition coefficient (Wildman–Crippen LogP) is 1.93. The van der Waals surface area contributed by atoms with E-state index in [1.54, 1.807) is 36.4 Å². The standard InChI is InChI=1S/C18H15N3O4/c19-9-13-3-1-2-4-14(13)21-18(23)8-17(22)20-10-12-5-6-15-16(7-12)25-11-24-15/h1-7H,8,10-11H2,(H,20,22)(H,21,23). The van der Waals surface area contributed by atoms with Crippen LogP contribution in [0.2, 0.25) is 0 Å². The Morgan fingerprint density at radius 2 is 1.88 bits per heavy atom. The van der Waals surface area contributed by atoms with Crippen LogP contribution in [-0.2, 0) is 16.1 Å². The fourth-order valence-corrected chi connectivity index (χ4v) is 2.34. The molecule has 126 valence electrons. The average molecular weight is 337 g/mol. The Morgan fingerprint density at radius 3 is 2.72 bits per heavy atom. The smallest absolute Gasteiger partial charge is 0.233 e. The molecule has 0 saturated heterocycles. The summed E-state index contributed by atoms with van der Waals surface area (Å²) in [5, 5.41) is 14.2. The molecule has 3 rings (SSSR count). The van der Waals surface area contributed by atoms with Gasteiger partial charge in [0.2, 0.25) is 18.6 Å². The zero-order chi connectivity index (χ0) is 17.6. The summed E-state index contributed by atoms with van der Waals surface area (Å²) >= 11 is 0.